The highest BCUT2D eigenvalue weighted by Gasteiger charge is 2.27. The molecule has 0 amide bonds. The van der Waals surface area contributed by atoms with E-state index in [1.54, 1.807) is 24.3 Å². The topological polar surface area (TPSA) is 94.4 Å². The predicted molar refractivity (Wildman–Crippen MR) is 107 cm³/mol. The number of carbonyl (C=O) groups excluding carboxylic acids is 1. The van der Waals surface area contributed by atoms with Crippen molar-refractivity contribution in [1.82, 2.24) is 0 Å². The molecule has 1 heterocycles. The van der Waals surface area contributed by atoms with E-state index in [1.807, 2.05) is 30.3 Å². The minimum Gasteiger partial charge on any atom is -0.493 e. The molecule has 2 aromatic rings. The Morgan fingerprint density at radius 1 is 1.28 bits per heavy atom. The molecule has 0 bridgehead atoms. The first-order valence-electron chi connectivity index (χ1n) is 8.76. The lowest BCUT2D eigenvalue weighted by molar-refractivity contribution is -0.139. The normalized spacial score (nSPS) is 14.3. The van der Waals surface area contributed by atoms with E-state index < -0.39 is 18.5 Å². The molecule has 0 fully saturated rings. The number of carboxylic acids is 1. The summed E-state index contributed by atoms with van der Waals surface area (Å²) in [6.07, 6.45) is 3.74. The summed E-state index contributed by atoms with van der Waals surface area (Å²) >= 11 is 0. The second-order valence-electron chi connectivity index (χ2n) is 6.13. The van der Waals surface area contributed by atoms with Crippen LogP contribution in [0.3, 0.4) is 0 Å². The maximum Gasteiger partial charge on any atom is 0.368 e. The zero-order valence-electron chi connectivity index (χ0n) is 15.8. The Morgan fingerprint density at radius 2 is 2.03 bits per heavy atom. The Labute approximate surface area is 167 Å². The van der Waals surface area contributed by atoms with Gasteiger partial charge in [-0.05, 0) is 30.2 Å². The van der Waals surface area contributed by atoms with Gasteiger partial charge in [-0.1, -0.05) is 41.6 Å². The summed E-state index contributed by atoms with van der Waals surface area (Å²) in [5.41, 5.74) is 2.83. The van der Waals surface area contributed by atoms with Crippen LogP contribution < -0.4 is 9.47 Å². The Hall–Kier alpha value is -3.87. The third-order valence-corrected chi connectivity index (χ3v) is 4.13. The van der Waals surface area contributed by atoms with E-state index >= 15 is 0 Å². The van der Waals surface area contributed by atoms with Crippen molar-refractivity contribution in [1.29, 1.82) is 0 Å². The molecule has 0 saturated carbocycles. The molecule has 0 radical (unpaired) electrons. The largest absolute Gasteiger partial charge is 0.493 e. The van der Waals surface area contributed by atoms with Crippen molar-refractivity contribution in [3.63, 3.8) is 0 Å². The monoisotopic (exact) mass is 393 g/mol. The number of hydrogen-bond donors (Lipinski definition) is 1. The number of nitrogens with zero attached hydrogens (tertiary/aromatic N) is 1. The van der Waals surface area contributed by atoms with Crippen LogP contribution in [-0.4, -0.2) is 36.5 Å². The zero-order chi connectivity index (χ0) is 20.8. The van der Waals surface area contributed by atoms with Gasteiger partial charge in [0.2, 0.25) is 0 Å². The van der Waals surface area contributed by atoms with Crippen molar-refractivity contribution < 1.29 is 29.0 Å². The minimum absolute atomic E-state index is 0.307. The number of carboxylic acid groups (broad SMARTS) is 1. The van der Waals surface area contributed by atoms with Crippen LogP contribution in [0.15, 0.2) is 65.8 Å². The molecule has 0 unspecified atom stereocenters. The van der Waals surface area contributed by atoms with Crippen LogP contribution in [0, 0.1) is 0 Å². The molecule has 0 saturated heterocycles. The molecule has 0 atom stereocenters. The second kappa shape index (κ2) is 8.88. The van der Waals surface area contributed by atoms with Gasteiger partial charge in [0.1, 0.15) is 5.71 Å². The maximum atomic E-state index is 12.2. The van der Waals surface area contributed by atoms with Gasteiger partial charge in [-0.25, -0.2) is 9.59 Å². The van der Waals surface area contributed by atoms with Gasteiger partial charge >= 0.3 is 11.9 Å². The van der Waals surface area contributed by atoms with Gasteiger partial charge < -0.3 is 19.4 Å². The molecule has 0 spiro atoms. The van der Waals surface area contributed by atoms with Crippen LogP contribution in [-0.2, 0) is 20.8 Å². The van der Waals surface area contributed by atoms with Gasteiger partial charge in [-0.15, -0.1) is 6.58 Å². The first-order chi connectivity index (χ1) is 14.0. The van der Waals surface area contributed by atoms with Crippen molar-refractivity contribution >= 4 is 23.7 Å². The molecule has 2 aromatic carbocycles. The van der Waals surface area contributed by atoms with E-state index in [-0.39, 0.29) is 0 Å². The van der Waals surface area contributed by atoms with Gasteiger partial charge in [-0.3, -0.25) is 0 Å². The standard InChI is InChI=1S/C22H19NO6/c1-3-7-16-10-14(12-18(27-2)21(16)28-13-19(24)25)11-17-20(23-29-22(17)26)15-8-5-4-6-9-15/h3-6,8-12H,1,7,13H2,2H3,(H,24,25)/b17-11-. The van der Waals surface area contributed by atoms with Gasteiger partial charge in [0.15, 0.2) is 18.1 Å². The maximum absolute atomic E-state index is 12.2. The number of hydrogen-bond acceptors (Lipinski definition) is 6. The molecule has 1 N–H and O–H groups in total. The Kier molecular flexibility index (Phi) is 6.09. The zero-order valence-corrected chi connectivity index (χ0v) is 15.8. The molecular weight excluding hydrogens is 374 g/mol. The summed E-state index contributed by atoms with van der Waals surface area (Å²) in [7, 11) is 1.46. The fourth-order valence-corrected chi connectivity index (χ4v) is 2.90. The molecule has 148 valence electrons. The van der Waals surface area contributed by atoms with Crippen molar-refractivity contribution in [3.05, 3.63) is 77.4 Å². The number of aliphatic carboxylic acids is 1. The SMILES string of the molecule is C=CCc1cc(/C=C2\C(=O)ON=C2c2ccccc2)cc(OC)c1OCC(=O)O. The first-order valence-corrected chi connectivity index (χ1v) is 8.76. The predicted octanol–water partition coefficient (Wildman–Crippen LogP) is 3.23. The molecule has 3 rings (SSSR count). The van der Waals surface area contributed by atoms with E-state index in [2.05, 4.69) is 11.7 Å². The minimum atomic E-state index is -1.10. The number of ether oxygens (including phenoxy) is 2. The lowest BCUT2D eigenvalue weighted by atomic mass is 9.99. The number of benzene rings is 2. The van der Waals surface area contributed by atoms with Crippen LogP contribution in [0.5, 0.6) is 11.5 Å². The molecule has 1 aliphatic rings. The molecule has 0 aromatic heterocycles. The van der Waals surface area contributed by atoms with Crippen LogP contribution in [0.4, 0.5) is 0 Å². The van der Waals surface area contributed by atoms with Crippen LogP contribution in [0.25, 0.3) is 6.08 Å². The lowest BCUT2D eigenvalue weighted by Gasteiger charge is -2.15. The summed E-state index contributed by atoms with van der Waals surface area (Å²) in [5, 5.41) is 12.8. The van der Waals surface area contributed by atoms with Crippen molar-refractivity contribution in [3.8, 4) is 11.5 Å². The number of allylic oxidation sites excluding steroid dienone is 1. The molecule has 0 aliphatic carbocycles. The van der Waals surface area contributed by atoms with Gasteiger partial charge in [0.05, 0.1) is 12.7 Å². The van der Waals surface area contributed by atoms with Crippen molar-refractivity contribution in [2.45, 2.75) is 6.42 Å². The van der Waals surface area contributed by atoms with Gasteiger partial charge in [0, 0.05) is 11.1 Å². The van der Waals surface area contributed by atoms with Gasteiger partial charge in [-0.2, -0.15) is 0 Å². The summed E-state index contributed by atoms with van der Waals surface area (Å²) in [4.78, 5) is 28.0. The second-order valence-corrected chi connectivity index (χ2v) is 6.13. The third kappa shape index (κ3) is 4.52. The van der Waals surface area contributed by atoms with Crippen molar-refractivity contribution in [2.24, 2.45) is 5.16 Å². The number of methoxy groups -OCH3 is 1. The molecular formula is C22H19NO6. The van der Waals surface area contributed by atoms with E-state index in [0.29, 0.717) is 40.3 Å². The summed E-state index contributed by atoms with van der Waals surface area (Å²) < 4.78 is 10.8. The molecule has 7 nitrogen and oxygen atoms in total. The molecule has 7 heteroatoms. The average Bonchev–Trinajstić information content (AvgIpc) is 3.08. The summed E-state index contributed by atoms with van der Waals surface area (Å²) in [5.74, 6) is -0.982. The Bertz CT molecular complexity index is 1010. The number of carbonyl (C=O) groups is 2. The van der Waals surface area contributed by atoms with E-state index in [4.69, 9.17) is 19.4 Å². The number of oxime groups is 1. The Balaban J connectivity index is 2.04. The van der Waals surface area contributed by atoms with Crippen LogP contribution in [0.1, 0.15) is 16.7 Å². The fraction of sp³-hybridized carbons (Fsp3) is 0.136. The van der Waals surface area contributed by atoms with Crippen molar-refractivity contribution in [2.75, 3.05) is 13.7 Å². The van der Waals surface area contributed by atoms with E-state index in [9.17, 15) is 9.59 Å². The highest BCUT2D eigenvalue weighted by Crippen LogP contribution is 2.35. The fourth-order valence-electron chi connectivity index (χ4n) is 2.90. The smallest absolute Gasteiger partial charge is 0.368 e. The third-order valence-electron chi connectivity index (χ3n) is 4.13. The number of rotatable bonds is 8. The van der Waals surface area contributed by atoms with E-state index in [0.717, 1.165) is 5.56 Å². The highest BCUT2D eigenvalue weighted by molar-refractivity contribution is 6.31. The van der Waals surface area contributed by atoms with Crippen LogP contribution >= 0.6 is 0 Å². The summed E-state index contributed by atoms with van der Waals surface area (Å²) in [6.45, 7) is 3.22. The molecule has 1 aliphatic heterocycles. The van der Waals surface area contributed by atoms with Gasteiger partial charge in [0.25, 0.3) is 0 Å². The van der Waals surface area contributed by atoms with Crippen LogP contribution in [0.2, 0.25) is 0 Å². The molecule has 29 heavy (non-hydrogen) atoms. The lowest BCUT2D eigenvalue weighted by Crippen LogP contribution is -2.11. The quantitative estimate of drug-likeness (QED) is 0.420. The van der Waals surface area contributed by atoms with E-state index in [1.165, 1.54) is 7.11 Å². The average molecular weight is 393 g/mol. The first kappa shape index (κ1) is 19.9. The highest BCUT2D eigenvalue weighted by atomic mass is 16.7. The summed E-state index contributed by atoms with van der Waals surface area (Å²) in [6, 6.07) is 12.7. The Morgan fingerprint density at radius 3 is 2.69 bits per heavy atom.